The third-order valence-electron chi connectivity index (χ3n) is 4.62. The summed E-state index contributed by atoms with van der Waals surface area (Å²) in [5, 5.41) is 7.50. The third kappa shape index (κ3) is 4.25. The van der Waals surface area contributed by atoms with E-state index in [-0.39, 0.29) is 12.0 Å². The lowest BCUT2D eigenvalue weighted by Gasteiger charge is -2.39. The molecule has 126 valence electrons. The molecule has 1 atom stereocenters. The minimum absolute atomic E-state index is 0.0469. The van der Waals surface area contributed by atoms with Crippen molar-refractivity contribution in [2.24, 2.45) is 0 Å². The number of hydrogen-bond donors (Lipinski definition) is 0. The maximum Gasteiger partial charge on any atom is 0.255 e. The van der Waals surface area contributed by atoms with Gasteiger partial charge in [-0.25, -0.2) is 0 Å². The summed E-state index contributed by atoms with van der Waals surface area (Å²) in [6.07, 6.45) is 3.38. The van der Waals surface area contributed by atoms with Crippen molar-refractivity contribution < 1.29 is 9.53 Å². The highest BCUT2D eigenvalue weighted by molar-refractivity contribution is 5.93. The van der Waals surface area contributed by atoms with Crippen molar-refractivity contribution in [2.45, 2.75) is 13.0 Å². The monoisotopic (exact) mass is 319 g/mol. The molecule has 2 aliphatic rings. The van der Waals surface area contributed by atoms with Gasteiger partial charge in [0.2, 0.25) is 0 Å². The van der Waals surface area contributed by atoms with Crippen LogP contribution >= 0.6 is 0 Å². The quantitative estimate of drug-likeness (QED) is 0.776. The van der Waals surface area contributed by atoms with Gasteiger partial charge in [0.1, 0.15) is 0 Å². The minimum atomic E-state index is 0.0469. The summed E-state index contributed by atoms with van der Waals surface area (Å²) >= 11 is 0. The molecule has 7 heteroatoms. The van der Waals surface area contributed by atoms with E-state index in [9.17, 15) is 4.79 Å². The first-order chi connectivity index (χ1) is 11.3. The molecule has 2 saturated heterocycles. The second-order valence-corrected chi connectivity index (χ2v) is 6.11. The van der Waals surface area contributed by atoms with Crippen molar-refractivity contribution in [1.29, 1.82) is 0 Å². The normalized spacial score (nSPS) is 23.9. The number of piperazine rings is 1. The predicted molar refractivity (Wildman–Crippen MR) is 86.2 cm³/mol. The number of hydrogen-bond acceptors (Lipinski definition) is 6. The topological polar surface area (TPSA) is 61.8 Å². The van der Waals surface area contributed by atoms with Gasteiger partial charge < -0.3 is 9.64 Å². The van der Waals surface area contributed by atoms with Gasteiger partial charge in [-0.3, -0.25) is 14.6 Å². The molecule has 1 amide bonds. The van der Waals surface area contributed by atoms with Crippen LogP contribution in [0.2, 0.25) is 0 Å². The Morgan fingerprint density at radius 3 is 2.74 bits per heavy atom. The van der Waals surface area contributed by atoms with Crippen LogP contribution in [0.15, 0.2) is 18.5 Å². The summed E-state index contributed by atoms with van der Waals surface area (Å²) in [7, 11) is 0. The molecule has 1 aromatic rings. The number of ether oxygens (including phenoxy) is 1. The average molecular weight is 319 g/mol. The number of carbonyl (C=O) groups excluding carboxylic acids is 1. The highest BCUT2D eigenvalue weighted by Crippen LogP contribution is 2.11. The van der Waals surface area contributed by atoms with Crippen LogP contribution in [0.3, 0.4) is 0 Å². The SMILES string of the molecule is CCN1CCOC(CN2CCN(C(=O)c3ccnnc3)CC2)C1. The number of amides is 1. The van der Waals surface area contributed by atoms with E-state index >= 15 is 0 Å². The fourth-order valence-corrected chi connectivity index (χ4v) is 3.20. The van der Waals surface area contributed by atoms with E-state index in [1.54, 1.807) is 12.3 Å². The summed E-state index contributed by atoms with van der Waals surface area (Å²) in [4.78, 5) is 19.1. The highest BCUT2D eigenvalue weighted by Gasteiger charge is 2.26. The Bertz CT molecular complexity index is 504. The van der Waals surface area contributed by atoms with E-state index in [1.807, 2.05) is 4.90 Å². The van der Waals surface area contributed by atoms with Crippen molar-refractivity contribution in [1.82, 2.24) is 24.9 Å². The van der Waals surface area contributed by atoms with Gasteiger partial charge in [-0.05, 0) is 12.6 Å². The Kier molecular flexibility index (Phi) is 5.53. The lowest BCUT2D eigenvalue weighted by molar-refractivity contribution is -0.0458. The number of likely N-dealkylation sites (N-methyl/N-ethyl adjacent to an activating group) is 1. The molecule has 3 heterocycles. The first-order valence-corrected chi connectivity index (χ1v) is 8.38. The Morgan fingerprint density at radius 1 is 1.22 bits per heavy atom. The van der Waals surface area contributed by atoms with Gasteiger partial charge in [-0.2, -0.15) is 10.2 Å². The molecule has 0 N–H and O–H groups in total. The van der Waals surface area contributed by atoms with Crippen LogP contribution in [0.4, 0.5) is 0 Å². The van der Waals surface area contributed by atoms with E-state index < -0.39 is 0 Å². The van der Waals surface area contributed by atoms with Crippen LogP contribution in [0.5, 0.6) is 0 Å². The fourth-order valence-electron chi connectivity index (χ4n) is 3.20. The van der Waals surface area contributed by atoms with Gasteiger partial charge in [0.05, 0.1) is 30.7 Å². The predicted octanol–water partition coefficient (Wildman–Crippen LogP) is -0.0449. The molecular formula is C16H25N5O2. The summed E-state index contributed by atoms with van der Waals surface area (Å²) in [5.74, 6) is 0.0469. The molecule has 0 aliphatic carbocycles. The van der Waals surface area contributed by atoms with Gasteiger partial charge in [0.15, 0.2) is 0 Å². The van der Waals surface area contributed by atoms with E-state index in [0.29, 0.717) is 5.56 Å². The van der Waals surface area contributed by atoms with Gasteiger partial charge in [0, 0.05) is 45.8 Å². The Morgan fingerprint density at radius 2 is 2.04 bits per heavy atom. The largest absolute Gasteiger partial charge is 0.374 e. The standard InChI is InChI=1S/C16H25N5O2/c1-2-19-9-10-23-15(12-19)13-20-5-7-21(8-6-20)16(22)14-3-4-17-18-11-14/h3-4,11,15H,2,5-10,12-13H2,1H3. The molecule has 23 heavy (non-hydrogen) atoms. The Labute approximate surface area is 137 Å². The summed E-state index contributed by atoms with van der Waals surface area (Å²) in [6.45, 7) is 10.4. The first kappa shape index (κ1) is 16.3. The molecule has 0 spiro atoms. The van der Waals surface area contributed by atoms with Crippen LogP contribution in [-0.2, 0) is 4.74 Å². The molecule has 2 fully saturated rings. The lowest BCUT2D eigenvalue weighted by Crippen LogP contribution is -2.53. The smallest absolute Gasteiger partial charge is 0.255 e. The summed E-state index contributed by atoms with van der Waals surface area (Å²) < 4.78 is 5.88. The summed E-state index contributed by atoms with van der Waals surface area (Å²) in [6, 6.07) is 1.72. The van der Waals surface area contributed by atoms with Crippen molar-refractivity contribution in [2.75, 3.05) is 59.0 Å². The minimum Gasteiger partial charge on any atom is -0.374 e. The number of aromatic nitrogens is 2. The molecule has 0 radical (unpaired) electrons. The first-order valence-electron chi connectivity index (χ1n) is 8.38. The second kappa shape index (κ2) is 7.81. The van der Waals surface area contributed by atoms with Crippen LogP contribution in [-0.4, -0.2) is 95.9 Å². The van der Waals surface area contributed by atoms with Crippen molar-refractivity contribution in [3.8, 4) is 0 Å². The number of nitrogens with zero attached hydrogens (tertiary/aromatic N) is 5. The Hall–Kier alpha value is -1.57. The average Bonchev–Trinajstić information content (AvgIpc) is 2.63. The molecule has 2 aliphatic heterocycles. The van der Waals surface area contributed by atoms with Crippen molar-refractivity contribution >= 4 is 5.91 Å². The van der Waals surface area contributed by atoms with Gasteiger partial charge in [-0.15, -0.1) is 0 Å². The summed E-state index contributed by atoms with van der Waals surface area (Å²) in [5.41, 5.74) is 0.614. The van der Waals surface area contributed by atoms with E-state index in [4.69, 9.17) is 4.74 Å². The van der Waals surface area contributed by atoms with Crippen molar-refractivity contribution in [3.05, 3.63) is 24.0 Å². The molecule has 0 aromatic carbocycles. The van der Waals surface area contributed by atoms with Crippen LogP contribution in [0.1, 0.15) is 17.3 Å². The molecular weight excluding hydrogens is 294 g/mol. The maximum absolute atomic E-state index is 12.4. The molecule has 3 rings (SSSR count). The zero-order valence-electron chi connectivity index (χ0n) is 13.7. The molecule has 1 aromatic heterocycles. The molecule has 7 nitrogen and oxygen atoms in total. The highest BCUT2D eigenvalue weighted by atomic mass is 16.5. The van der Waals surface area contributed by atoms with Crippen LogP contribution in [0, 0.1) is 0 Å². The maximum atomic E-state index is 12.4. The van der Waals surface area contributed by atoms with Gasteiger partial charge in [0.25, 0.3) is 5.91 Å². The van der Waals surface area contributed by atoms with Crippen LogP contribution in [0.25, 0.3) is 0 Å². The zero-order chi connectivity index (χ0) is 16.1. The number of morpholine rings is 1. The second-order valence-electron chi connectivity index (χ2n) is 6.11. The van der Waals surface area contributed by atoms with E-state index in [0.717, 1.165) is 59.0 Å². The Balaban J connectivity index is 1.46. The van der Waals surface area contributed by atoms with Gasteiger partial charge >= 0.3 is 0 Å². The fraction of sp³-hybridized carbons (Fsp3) is 0.688. The molecule has 0 saturated carbocycles. The lowest BCUT2D eigenvalue weighted by atomic mass is 10.2. The van der Waals surface area contributed by atoms with E-state index in [1.165, 1.54) is 6.20 Å². The third-order valence-corrected chi connectivity index (χ3v) is 4.62. The van der Waals surface area contributed by atoms with E-state index in [2.05, 4.69) is 26.9 Å². The molecule has 1 unspecified atom stereocenters. The zero-order valence-corrected chi connectivity index (χ0v) is 13.7. The molecule has 0 bridgehead atoms. The van der Waals surface area contributed by atoms with Gasteiger partial charge in [-0.1, -0.05) is 6.92 Å². The number of carbonyl (C=O) groups is 1. The number of rotatable bonds is 4. The van der Waals surface area contributed by atoms with Crippen LogP contribution < -0.4 is 0 Å². The van der Waals surface area contributed by atoms with Crippen molar-refractivity contribution in [3.63, 3.8) is 0 Å².